The van der Waals surface area contributed by atoms with Crippen LogP contribution >= 0.6 is 27.5 Å². The van der Waals surface area contributed by atoms with Gasteiger partial charge in [-0.3, -0.25) is 13.9 Å². The zero-order valence-electron chi connectivity index (χ0n) is 23.3. The molecule has 3 rings (SSSR count). The maximum Gasteiger partial charge on any atom is 0.264 e. The van der Waals surface area contributed by atoms with E-state index in [0.717, 1.165) is 31.9 Å². The monoisotopic (exact) mass is 647 g/mol. The lowest BCUT2D eigenvalue weighted by Gasteiger charge is -2.32. The van der Waals surface area contributed by atoms with E-state index in [1.54, 1.807) is 31.2 Å². The number of amides is 2. The topological polar surface area (TPSA) is 86.8 Å². The van der Waals surface area contributed by atoms with E-state index < -0.39 is 28.5 Å². The third-order valence-electron chi connectivity index (χ3n) is 6.77. The molecule has 0 aromatic heterocycles. The summed E-state index contributed by atoms with van der Waals surface area (Å²) in [4.78, 5) is 28.6. The first-order chi connectivity index (χ1) is 18.8. The molecule has 0 spiro atoms. The van der Waals surface area contributed by atoms with Gasteiger partial charge >= 0.3 is 0 Å². The van der Waals surface area contributed by atoms with Crippen molar-refractivity contribution in [1.29, 1.82) is 0 Å². The summed E-state index contributed by atoms with van der Waals surface area (Å²) >= 11 is 9.79. The first-order valence-corrected chi connectivity index (χ1v) is 15.6. The van der Waals surface area contributed by atoms with E-state index in [0.29, 0.717) is 5.02 Å². The van der Waals surface area contributed by atoms with Crippen LogP contribution in [-0.2, 0) is 26.2 Å². The summed E-state index contributed by atoms with van der Waals surface area (Å²) in [6, 6.07) is 17.8. The van der Waals surface area contributed by atoms with Crippen LogP contribution in [0.15, 0.2) is 76.1 Å². The molecule has 0 saturated carbocycles. The molecular weight excluding hydrogens is 614 g/mol. The van der Waals surface area contributed by atoms with E-state index in [1.165, 1.54) is 23.1 Å². The van der Waals surface area contributed by atoms with Crippen molar-refractivity contribution in [2.75, 3.05) is 10.8 Å². The second-order valence-corrected chi connectivity index (χ2v) is 13.1. The van der Waals surface area contributed by atoms with Crippen LogP contribution in [0.25, 0.3) is 0 Å². The molecule has 0 heterocycles. The number of carbonyl (C=O) groups excluding carboxylic acids is 2. The zero-order chi connectivity index (χ0) is 29.6. The number of carbonyl (C=O) groups is 2. The molecule has 0 unspecified atom stereocenters. The van der Waals surface area contributed by atoms with Gasteiger partial charge in [-0.1, -0.05) is 70.3 Å². The average Bonchev–Trinajstić information content (AvgIpc) is 2.92. The fraction of sp³-hybridized carbons (Fsp3) is 0.333. The Morgan fingerprint density at radius 1 is 0.975 bits per heavy atom. The molecule has 40 heavy (non-hydrogen) atoms. The molecule has 10 heteroatoms. The molecule has 2 amide bonds. The molecule has 7 nitrogen and oxygen atoms in total. The van der Waals surface area contributed by atoms with Gasteiger partial charge in [-0.15, -0.1) is 0 Å². The van der Waals surface area contributed by atoms with Crippen molar-refractivity contribution in [3.63, 3.8) is 0 Å². The largest absolute Gasteiger partial charge is 0.352 e. The molecule has 3 aromatic carbocycles. The van der Waals surface area contributed by atoms with E-state index in [2.05, 4.69) is 21.2 Å². The van der Waals surface area contributed by atoms with Crippen LogP contribution in [0.2, 0.25) is 5.02 Å². The third-order valence-corrected chi connectivity index (χ3v) is 9.49. The van der Waals surface area contributed by atoms with E-state index in [4.69, 9.17) is 11.6 Å². The van der Waals surface area contributed by atoms with Crippen molar-refractivity contribution in [2.45, 2.75) is 64.6 Å². The summed E-state index contributed by atoms with van der Waals surface area (Å²) in [5.74, 6) is -0.840. The lowest BCUT2D eigenvalue weighted by atomic mass is 10.1. The highest BCUT2D eigenvalue weighted by Gasteiger charge is 2.33. The lowest BCUT2D eigenvalue weighted by Crippen LogP contribution is -2.52. The Labute approximate surface area is 250 Å². The molecule has 0 aliphatic heterocycles. The van der Waals surface area contributed by atoms with Gasteiger partial charge in [0.15, 0.2) is 0 Å². The Hall–Kier alpha value is -2.88. The normalized spacial score (nSPS) is 12.9. The van der Waals surface area contributed by atoms with Gasteiger partial charge in [0.25, 0.3) is 10.0 Å². The number of nitrogens with one attached hydrogen (secondary N) is 1. The van der Waals surface area contributed by atoms with E-state index >= 15 is 0 Å². The quantitative estimate of drug-likeness (QED) is 0.267. The molecular formula is C30H35BrClN3O4S. The third kappa shape index (κ3) is 7.86. The van der Waals surface area contributed by atoms with Crippen LogP contribution in [0.1, 0.15) is 43.9 Å². The van der Waals surface area contributed by atoms with Gasteiger partial charge < -0.3 is 10.2 Å². The predicted octanol–water partition coefficient (Wildman–Crippen LogP) is 6.25. The van der Waals surface area contributed by atoms with Crippen molar-refractivity contribution >= 4 is 55.1 Å². The fourth-order valence-electron chi connectivity index (χ4n) is 3.94. The smallest absolute Gasteiger partial charge is 0.264 e. The highest BCUT2D eigenvalue weighted by atomic mass is 79.9. The Bertz CT molecular complexity index is 1450. The SMILES string of the molecule is CC[C@@H](C)NC(=O)[C@@H](C)N(Cc1ccc(Br)cc1)C(=O)CN(c1ccc(C)c(Cl)c1)S(=O)(=O)c1ccc(C)cc1. The zero-order valence-corrected chi connectivity index (χ0v) is 26.5. The number of aryl methyl sites for hydroxylation is 2. The van der Waals surface area contributed by atoms with Gasteiger partial charge in [0.05, 0.1) is 10.6 Å². The minimum atomic E-state index is -4.16. The second kappa shape index (κ2) is 13.7. The van der Waals surface area contributed by atoms with Crippen molar-refractivity contribution in [1.82, 2.24) is 10.2 Å². The minimum absolute atomic E-state index is 0.0459. The molecule has 0 aliphatic carbocycles. The Balaban J connectivity index is 2.04. The number of halogens is 2. The van der Waals surface area contributed by atoms with Crippen LogP contribution in [0.3, 0.4) is 0 Å². The van der Waals surface area contributed by atoms with Crippen LogP contribution < -0.4 is 9.62 Å². The number of benzene rings is 3. The number of nitrogens with zero attached hydrogens (tertiary/aromatic N) is 2. The number of sulfonamides is 1. The molecule has 0 bridgehead atoms. The second-order valence-electron chi connectivity index (χ2n) is 9.90. The van der Waals surface area contributed by atoms with E-state index in [9.17, 15) is 18.0 Å². The highest BCUT2D eigenvalue weighted by molar-refractivity contribution is 9.10. The standard InChI is InChI=1S/C30H35BrClN3O4S/c1-6-22(4)33-30(37)23(5)34(18-24-10-12-25(31)13-11-24)29(36)19-35(26-14-9-21(3)28(32)17-26)40(38,39)27-15-7-20(2)8-16-27/h7-17,22-23H,6,18-19H2,1-5H3,(H,33,37)/t22-,23-/m1/s1. The minimum Gasteiger partial charge on any atom is -0.352 e. The molecule has 0 aliphatic rings. The van der Waals surface area contributed by atoms with Crippen molar-refractivity contribution in [3.8, 4) is 0 Å². The van der Waals surface area contributed by atoms with Gasteiger partial charge in [-0.25, -0.2) is 8.42 Å². The van der Waals surface area contributed by atoms with Crippen LogP contribution in [0.4, 0.5) is 5.69 Å². The van der Waals surface area contributed by atoms with E-state index in [-0.39, 0.29) is 29.1 Å². The predicted molar refractivity (Wildman–Crippen MR) is 164 cm³/mol. The Morgan fingerprint density at radius 2 is 1.60 bits per heavy atom. The van der Waals surface area contributed by atoms with Crippen molar-refractivity contribution in [3.05, 3.63) is 92.9 Å². The summed E-state index contributed by atoms with van der Waals surface area (Å²) in [6.45, 7) is 8.78. The van der Waals surface area contributed by atoms with Gasteiger partial charge in [0.2, 0.25) is 11.8 Å². The number of anilines is 1. The van der Waals surface area contributed by atoms with Gasteiger partial charge in [-0.2, -0.15) is 0 Å². The number of rotatable bonds is 11. The first-order valence-electron chi connectivity index (χ1n) is 13.0. The van der Waals surface area contributed by atoms with Crippen LogP contribution in [-0.4, -0.2) is 43.8 Å². The summed E-state index contributed by atoms with van der Waals surface area (Å²) < 4.78 is 29.8. The molecule has 214 valence electrons. The van der Waals surface area contributed by atoms with Crippen molar-refractivity contribution < 1.29 is 18.0 Å². The Kier molecular flexibility index (Phi) is 10.8. The molecule has 0 saturated heterocycles. The van der Waals surface area contributed by atoms with Gasteiger partial charge in [0, 0.05) is 22.1 Å². The summed E-state index contributed by atoms with van der Waals surface area (Å²) in [7, 11) is -4.16. The first kappa shape index (κ1) is 31.6. The van der Waals surface area contributed by atoms with Gasteiger partial charge in [0.1, 0.15) is 12.6 Å². The highest BCUT2D eigenvalue weighted by Crippen LogP contribution is 2.29. The van der Waals surface area contributed by atoms with E-state index in [1.807, 2.05) is 52.0 Å². The maximum absolute atomic E-state index is 14.0. The average molecular weight is 649 g/mol. The molecule has 1 N–H and O–H groups in total. The summed E-state index contributed by atoms with van der Waals surface area (Å²) in [5, 5.41) is 3.31. The maximum atomic E-state index is 14.0. The molecule has 3 aromatic rings. The van der Waals surface area contributed by atoms with Crippen LogP contribution in [0, 0.1) is 13.8 Å². The molecule has 0 fully saturated rings. The van der Waals surface area contributed by atoms with Gasteiger partial charge in [-0.05, 0) is 81.6 Å². The van der Waals surface area contributed by atoms with Crippen LogP contribution in [0.5, 0.6) is 0 Å². The molecule has 0 radical (unpaired) electrons. The van der Waals surface area contributed by atoms with Crippen molar-refractivity contribution in [2.24, 2.45) is 0 Å². The molecule has 2 atom stereocenters. The summed E-state index contributed by atoms with van der Waals surface area (Å²) in [5.41, 5.74) is 2.73. The Morgan fingerprint density at radius 3 is 2.17 bits per heavy atom. The summed E-state index contributed by atoms with van der Waals surface area (Å²) in [6.07, 6.45) is 0.732. The number of hydrogen-bond donors (Lipinski definition) is 1. The number of hydrogen-bond acceptors (Lipinski definition) is 4. The lowest BCUT2D eigenvalue weighted by molar-refractivity contribution is -0.139. The fourth-order valence-corrected chi connectivity index (χ4v) is 5.78.